The molecule has 0 fully saturated rings. The van der Waals surface area contributed by atoms with Crippen LogP contribution < -0.4 is 16.0 Å². The average molecular weight is 987 g/mol. The first-order chi connectivity index (χ1) is 29.2. The summed E-state index contributed by atoms with van der Waals surface area (Å²) in [6, 6.07) is 18.0. The molecule has 30 heteroatoms. The first kappa shape index (κ1) is 46.5. The van der Waals surface area contributed by atoms with Crippen LogP contribution in [0, 0.1) is 0 Å². The highest BCUT2D eigenvalue weighted by molar-refractivity contribution is 7.91. The summed E-state index contributed by atoms with van der Waals surface area (Å²) in [6.07, 6.45) is 0. The Morgan fingerprint density at radius 3 is 1.75 bits per heavy atom. The quantitative estimate of drug-likeness (QED) is 0.0446. The smallest absolute Gasteiger partial charge is 0.397 e. The lowest BCUT2D eigenvalue weighted by atomic mass is 10.1. The number of anilines is 6. The van der Waals surface area contributed by atoms with Gasteiger partial charge < -0.3 is 21.1 Å². The fourth-order valence-corrected chi connectivity index (χ4v) is 8.94. The lowest BCUT2D eigenvalue weighted by molar-refractivity contribution is 0.284. The summed E-state index contributed by atoms with van der Waals surface area (Å²) in [5.74, 6) is -2.26. The van der Waals surface area contributed by atoms with E-state index in [0.29, 0.717) is 0 Å². The summed E-state index contributed by atoms with van der Waals surface area (Å²) in [4.78, 5) is 9.43. The lowest BCUT2D eigenvalue weighted by Gasteiger charge is -2.12. The molecular weight excluding hydrogens is 960 g/mol. The van der Waals surface area contributed by atoms with Crippen LogP contribution in [-0.2, 0) is 54.8 Å². The van der Waals surface area contributed by atoms with Crippen LogP contribution in [0.5, 0.6) is 5.75 Å². The fraction of sp³-hybridized carbons (Fsp3) is 0.0606. The van der Waals surface area contributed by atoms with E-state index < -0.39 is 100 Å². The molecule has 0 bridgehead atoms. The number of fused-ring (bicyclic) bond motifs is 1. The summed E-state index contributed by atoms with van der Waals surface area (Å²) in [5.41, 5.74) is -1.10. The minimum absolute atomic E-state index is 0.0487. The summed E-state index contributed by atoms with van der Waals surface area (Å²) in [6.45, 7) is -0.870. The van der Waals surface area contributed by atoms with Gasteiger partial charge in [-0.05, 0) is 89.8 Å². The molecule has 1 heterocycles. The molecule has 0 atom stereocenters. The number of phenolic OH excluding ortho intramolecular Hbond substituents is 1. The number of hydrogen-bond acceptors (Lipinski definition) is 20. The Kier molecular flexibility index (Phi) is 13.0. The molecule has 0 spiro atoms. The van der Waals surface area contributed by atoms with Crippen LogP contribution in [-0.4, -0.2) is 92.7 Å². The third-order valence-electron chi connectivity index (χ3n) is 8.14. The van der Waals surface area contributed by atoms with Crippen molar-refractivity contribution in [3.8, 4) is 5.75 Å². The molecule has 332 valence electrons. The molecule has 0 aliphatic heterocycles. The van der Waals surface area contributed by atoms with Gasteiger partial charge in [-0.1, -0.05) is 18.2 Å². The molecule has 0 saturated carbocycles. The second-order valence-corrected chi connectivity index (χ2v) is 20.3. The topological polar surface area (TPSA) is 381 Å². The predicted octanol–water partition coefficient (Wildman–Crippen LogP) is 5.36. The number of nitrogens with zero attached hydrogens (tertiary/aromatic N) is 5. The van der Waals surface area contributed by atoms with Crippen LogP contribution in [0.15, 0.2) is 121 Å². The zero-order valence-corrected chi connectivity index (χ0v) is 35.8. The van der Waals surface area contributed by atoms with Crippen LogP contribution in [0.25, 0.3) is 10.8 Å². The van der Waals surface area contributed by atoms with Crippen LogP contribution in [0.1, 0.15) is 0 Å². The molecule has 24 nitrogen and oxygen atoms in total. The van der Waals surface area contributed by atoms with Crippen molar-refractivity contribution in [2.24, 2.45) is 10.2 Å². The fourth-order valence-electron chi connectivity index (χ4n) is 5.46. The number of phenols is 1. The van der Waals surface area contributed by atoms with Gasteiger partial charge in [0.15, 0.2) is 15.6 Å². The Hall–Kier alpha value is -5.99. The highest BCUT2D eigenvalue weighted by Gasteiger charge is 2.24. The molecule has 6 rings (SSSR count). The number of aromatic hydroxyl groups is 1. The van der Waals surface area contributed by atoms with E-state index in [0.717, 1.165) is 42.5 Å². The summed E-state index contributed by atoms with van der Waals surface area (Å²) in [5, 5.41) is 26.6. The van der Waals surface area contributed by atoms with Crippen molar-refractivity contribution in [1.82, 2.24) is 15.0 Å². The molecule has 5 aromatic carbocycles. The maximum atomic E-state index is 12.7. The molecule has 0 amide bonds. The van der Waals surface area contributed by atoms with E-state index in [2.05, 4.69) is 45.3 Å². The van der Waals surface area contributed by atoms with Gasteiger partial charge in [0.1, 0.15) is 21.2 Å². The van der Waals surface area contributed by atoms with Crippen molar-refractivity contribution in [2.75, 3.05) is 28.3 Å². The number of azo groups is 1. The first-order valence-corrected chi connectivity index (χ1v) is 24.5. The van der Waals surface area contributed by atoms with Crippen LogP contribution >= 0.6 is 11.6 Å². The number of rotatable bonds is 16. The average Bonchev–Trinajstić information content (AvgIpc) is 3.16. The largest absolute Gasteiger partial charge is 0.505 e. The Morgan fingerprint density at radius 2 is 1.14 bits per heavy atom. The molecule has 1 aromatic heterocycles. The van der Waals surface area contributed by atoms with Gasteiger partial charge in [0.05, 0.1) is 22.2 Å². The SMILES string of the molecule is O=S(=O)(O)OCCS(=O)(=O)c1cccc(Nc2nc(Cl)nc(Nc3ccc(S(=O)(=O)O)c(N=Nc4c(S(=O)(=O)O)cc5ccc(Nc6cccc(S(=O)(=O)O)c6)cc5c4O)c3)n2)c1. The molecule has 0 unspecified atom stereocenters. The molecule has 0 aliphatic carbocycles. The molecule has 0 aliphatic rings. The standard InChI is InChI=1S/C33H27ClN8O16S5/c34-31-38-32(36-20-4-1-5-23(14-20)59(44,45)12-11-58-63(55,56)57)40-33(39-31)37-22-9-10-27(61(49,50)51)26(17-22)41-42-29-28(62(52,53)54)13-18-7-8-21(16-25(18)30(29)43)35-19-3-2-6-24(15-19)60(46,47)48/h1-10,13-17,35,43H,11-12H2,(H,46,47,48)(H,49,50,51)(H,52,53,54)(H,55,56,57)(H2,36,37,38,39,40). The molecule has 0 saturated heterocycles. The second-order valence-electron chi connectivity index (χ2n) is 12.6. The van der Waals surface area contributed by atoms with Crippen LogP contribution in [0.3, 0.4) is 0 Å². The maximum absolute atomic E-state index is 12.7. The number of nitrogens with one attached hydrogen (secondary N) is 3. The number of aromatic nitrogens is 3. The van der Waals surface area contributed by atoms with Crippen molar-refractivity contribution in [2.45, 2.75) is 19.6 Å². The third kappa shape index (κ3) is 11.9. The van der Waals surface area contributed by atoms with Crippen LogP contribution in [0.4, 0.5) is 46.0 Å². The van der Waals surface area contributed by atoms with Gasteiger partial charge >= 0.3 is 10.4 Å². The predicted molar refractivity (Wildman–Crippen MR) is 223 cm³/mol. The van der Waals surface area contributed by atoms with E-state index in [1.54, 1.807) is 0 Å². The van der Waals surface area contributed by atoms with Gasteiger partial charge in [-0.2, -0.15) is 48.6 Å². The second kappa shape index (κ2) is 17.6. The van der Waals surface area contributed by atoms with E-state index in [-0.39, 0.29) is 50.3 Å². The zero-order valence-electron chi connectivity index (χ0n) is 31.0. The Labute approximate surface area is 361 Å². The number of halogens is 1. The zero-order chi connectivity index (χ0) is 46.1. The van der Waals surface area contributed by atoms with E-state index >= 15 is 0 Å². The van der Waals surface area contributed by atoms with E-state index in [1.807, 2.05) is 0 Å². The van der Waals surface area contributed by atoms with Gasteiger partial charge in [0.2, 0.25) is 17.2 Å². The molecule has 8 N–H and O–H groups in total. The Morgan fingerprint density at radius 1 is 0.587 bits per heavy atom. The Balaban J connectivity index is 1.32. The molecule has 63 heavy (non-hydrogen) atoms. The Bertz CT molecular complexity index is 3420. The monoisotopic (exact) mass is 986 g/mol. The molecular formula is C33H27ClN8O16S5. The number of sulfone groups is 1. The van der Waals surface area contributed by atoms with E-state index in [1.165, 1.54) is 48.5 Å². The lowest BCUT2D eigenvalue weighted by Crippen LogP contribution is -2.15. The van der Waals surface area contributed by atoms with Gasteiger partial charge in [-0.15, -0.1) is 10.2 Å². The van der Waals surface area contributed by atoms with Crippen molar-refractivity contribution in [3.05, 3.63) is 96.3 Å². The van der Waals surface area contributed by atoms with Gasteiger partial charge in [-0.25, -0.2) is 12.6 Å². The summed E-state index contributed by atoms with van der Waals surface area (Å²) in [7, 11) is -23.8. The van der Waals surface area contributed by atoms with Crippen molar-refractivity contribution in [1.29, 1.82) is 0 Å². The van der Waals surface area contributed by atoms with Gasteiger partial charge in [0, 0.05) is 28.1 Å². The highest BCUT2D eigenvalue weighted by Crippen LogP contribution is 2.43. The van der Waals surface area contributed by atoms with Crippen molar-refractivity contribution in [3.63, 3.8) is 0 Å². The van der Waals surface area contributed by atoms with E-state index in [9.17, 15) is 60.9 Å². The van der Waals surface area contributed by atoms with Gasteiger partial charge in [-0.3, -0.25) is 18.2 Å². The third-order valence-corrected chi connectivity index (χ3v) is 13.1. The number of benzene rings is 5. The minimum atomic E-state index is -5.16. The normalized spacial score (nSPS) is 12.7. The first-order valence-electron chi connectivity index (χ1n) is 16.8. The van der Waals surface area contributed by atoms with Crippen molar-refractivity contribution < 1.29 is 69.6 Å². The highest BCUT2D eigenvalue weighted by atomic mass is 35.5. The minimum Gasteiger partial charge on any atom is -0.505 e. The van der Waals surface area contributed by atoms with Crippen LogP contribution in [0.2, 0.25) is 5.28 Å². The van der Waals surface area contributed by atoms with E-state index in [4.69, 9.17) is 16.2 Å². The molecule has 0 radical (unpaired) electrons. The van der Waals surface area contributed by atoms with Crippen molar-refractivity contribution >= 4 is 119 Å². The number of hydrogen-bond donors (Lipinski definition) is 8. The summed E-state index contributed by atoms with van der Waals surface area (Å²) < 4.78 is 162. The summed E-state index contributed by atoms with van der Waals surface area (Å²) >= 11 is 6.10. The molecule has 6 aromatic rings. The maximum Gasteiger partial charge on any atom is 0.397 e. The van der Waals surface area contributed by atoms with Gasteiger partial charge in [0.25, 0.3) is 30.4 Å².